The Morgan fingerprint density at radius 1 is 1.62 bits per heavy atom. The number of aromatic hydroxyl groups is 1. The highest BCUT2D eigenvalue weighted by atomic mass is 79.9. The smallest absolute Gasteiger partial charge is 0.284 e. The molecule has 1 heterocycles. The first-order valence-electron chi connectivity index (χ1n) is 3.13. The lowest BCUT2D eigenvalue weighted by Crippen LogP contribution is -1.93. The third-order valence-electron chi connectivity index (χ3n) is 1.35. The van der Waals surface area contributed by atoms with E-state index in [4.69, 9.17) is 10.4 Å². The van der Waals surface area contributed by atoms with Gasteiger partial charge in [0.05, 0.1) is 10.0 Å². The lowest BCUT2D eigenvalue weighted by molar-refractivity contribution is 0.141. The Morgan fingerprint density at radius 2 is 2.23 bits per heavy atom. The van der Waals surface area contributed by atoms with Crippen LogP contribution in [0.5, 0.6) is 5.75 Å². The van der Waals surface area contributed by atoms with Crippen LogP contribution in [0, 0.1) is 11.3 Å². The first kappa shape index (κ1) is 9.86. The van der Waals surface area contributed by atoms with Crippen LogP contribution >= 0.6 is 15.9 Å². The molecule has 1 aromatic heterocycles. The summed E-state index contributed by atoms with van der Waals surface area (Å²) in [6.07, 6.45) is -1.88. The molecule has 0 bridgehead atoms. The van der Waals surface area contributed by atoms with Crippen molar-refractivity contribution in [2.75, 3.05) is 0 Å². The first-order chi connectivity index (χ1) is 6.07. The number of rotatable bonds is 1. The predicted molar refractivity (Wildman–Crippen MR) is 43.3 cm³/mol. The van der Waals surface area contributed by atoms with Gasteiger partial charge >= 0.3 is 0 Å². The minimum absolute atomic E-state index is 0.0156. The molecule has 3 nitrogen and oxygen atoms in total. The molecule has 0 saturated carbocycles. The Bertz CT molecular complexity index is 375. The summed E-state index contributed by atoms with van der Waals surface area (Å²) in [4.78, 5) is 3.26. The molecule has 0 atom stereocenters. The van der Waals surface area contributed by atoms with E-state index in [0.29, 0.717) is 0 Å². The Labute approximate surface area is 80.8 Å². The molecule has 0 saturated heterocycles. The SMILES string of the molecule is N#Cc1cnc(C(F)F)c(O)c1Br. The minimum atomic E-state index is -2.86. The molecule has 0 fully saturated rings. The van der Waals surface area contributed by atoms with Gasteiger partial charge in [-0.05, 0) is 15.9 Å². The number of nitrogens with zero attached hydrogens (tertiary/aromatic N) is 2. The molecule has 13 heavy (non-hydrogen) atoms. The highest BCUT2D eigenvalue weighted by Gasteiger charge is 2.18. The lowest BCUT2D eigenvalue weighted by Gasteiger charge is -2.04. The fraction of sp³-hybridized carbons (Fsp3) is 0.143. The van der Waals surface area contributed by atoms with Crippen LogP contribution in [0.1, 0.15) is 17.7 Å². The number of halogens is 3. The second-order valence-corrected chi connectivity index (χ2v) is 2.93. The van der Waals surface area contributed by atoms with E-state index in [1.807, 2.05) is 0 Å². The van der Waals surface area contributed by atoms with E-state index >= 15 is 0 Å². The summed E-state index contributed by atoms with van der Waals surface area (Å²) in [5, 5.41) is 17.6. The van der Waals surface area contributed by atoms with Crippen molar-refractivity contribution >= 4 is 15.9 Å². The first-order valence-corrected chi connectivity index (χ1v) is 3.92. The molecule has 0 aliphatic rings. The van der Waals surface area contributed by atoms with Crippen LogP contribution in [-0.4, -0.2) is 10.1 Å². The van der Waals surface area contributed by atoms with Gasteiger partial charge in [-0.2, -0.15) is 5.26 Å². The molecule has 68 valence electrons. The number of hydrogen-bond donors (Lipinski definition) is 1. The molecule has 1 rings (SSSR count). The van der Waals surface area contributed by atoms with Crippen LogP contribution < -0.4 is 0 Å². The third-order valence-corrected chi connectivity index (χ3v) is 2.15. The van der Waals surface area contributed by atoms with Gasteiger partial charge < -0.3 is 5.11 Å². The molecule has 1 N–H and O–H groups in total. The quantitative estimate of drug-likeness (QED) is 0.830. The summed E-state index contributed by atoms with van der Waals surface area (Å²) in [5.74, 6) is -0.686. The average Bonchev–Trinajstić information content (AvgIpc) is 2.09. The Kier molecular flexibility index (Phi) is 2.78. The highest BCUT2D eigenvalue weighted by molar-refractivity contribution is 9.10. The van der Waals surface area contributed by atoms with Crippen LogP contribution in [-0.2, 0) is 0 Å². The molecule has 0 radical (unpaired) electrons. The van der Waals surface area contributed by atoms with E-state index in [-0.39, 0.29) is 10.0 Å². The summed E-state index contributed by atoms with van der Waals surface area (Å²) in [7, 11) is 0. The molecule has 0 amide bonds. The molecule has 0 aliphatic heterocycles. The van der Waals surface area contributed by atoms with Crippen molar-refractivity contribution < 1.29 is 13.9 Å². The third kappa shape index (κ3) is 1.75. The van der Waals surface area contributed by atoms with Crippen molar-refractivity contribution in [1.29, 1.82) is 5.26 Å². The molecule has 0 aliphatic carbocycles. The molecule has 0 spiro atoms. The fourth-order valence-corrected chi connectivity index (χ4v) is 1.12. The van der Waals surface area contributed by atoms with Crippen molar-refractivity contribution in [3.8, 4) is 11.8 Å². The normalized spacial score (nSPS) is 10.1. The fourth-order valence-electron chi connectivity index (χ4n) is 0.730. The van der Waals surface area contributed by atoms with Gasteiger partial charge in [0, 0.05) is 6.20 Å². The van der Waals surface area contributed by atoms with Gasteiger partial charge in [0.2, 0.25) is 0 Å². The van der Waals surface area contributed by atoms with Crippen molar-refractivity contribution in [3.63, 3.8) is 0 Å². The van der Waals surface area contributed by atoms with E-state index in [0.717, 1.165) is 6.20 Å². The molecular formula is C7H3BrF2N2O. The van der Waals surface area contributed by atoms with Crippen LogP contribution in [0.4, 0.5) is 8.78 Å². The van der Waals surface area contributed by atoms with Crippen molar-refractivity contribution in [3.05, 3.63) is 21.9 Å². The van der Waals surface area contributed by atoms with Crippen molar-refractivity contribution in [1.82, 2.24) is 4.98 Å². The van der Waals surface area contributed by atoms with E-state index in [1.165, 1.54) is 0 Å². The summed E-state index contributed by atoms with van der Waals surface area (Å²) in [6.45, 7) is 0. The average molecular weight is 249 g/mol. The lowest BCUT2D eigenvalue weighted by atomic mass is 10.2. The summed E-state index contributed by atoms with van der Waals surface area (Å²) in [5.41, 5.74) is -0.715. The van der Waals surface area contributed by atoms with E-state index < -0.39 is 17.9 Å². The van der Waals surface area contributed by atoms with Gasteiger partial charge in [-0.15, -0.1) is 0 Å². The Hall–Kier alpha value is -1.22. The van der Waals surface area contributed by atoms with Gasteiger partial charge in [0.15, 0.2) is 5.75 Å². The second-order valence-electron chi connectivity index (χ2n) is 2.13. The van der Waals surface area contributed by atoms with Crippen LogP contribution in [0.2, 0.25) is 0 Å². The monoisotopic (exact) mass is 248 g/mol. The topological polar surface area (TPSA) is 56.9 Å². The zero-order valence-electron chi connectivity index (χ0n) is 6.13. The van der Waals surface area contributed by atoms with Gasteiger partial charge in [0.25, 0.3) is 6.43 Å². The van der Waals surface area contributed by atoms with Crippen molar-refractivity contribution in [2.24, 2.45) is 0 Å². The van der Waals surface area contributed by atoms with E-state index in [2.05, 4.69) is 20.9 Å². The van der Waals surface area contributed by atoms with Gasteiger partial charge in [-0.3, -0.25) is 0 Å². The largest absolute Gasteiger partial charge is 0.505 e. The maximum atomic E-state index is 12.1. The Balaban J connectivity index is 3.33. The maximum absolute atomic E-state index is 12.1. The molecule has 0 aromatic carbocycles. The highest BCUT2D eigenvalue weighted by Crippen LogP contribution is 2.34. The predicted octanol–water partition coefficient (Wildman–Crippen LogP) is 2.36. The van der Waals surface area contributed by atoms with Crippen LogP contribution in [0.25, 0.3) is 0 Å². The maximum Gasteiger partial charge on any atom is 0.284 e. The summed E-state index contributed by atoms with van der Waals surface area (Å²) >= 11 is 2.81. The molecule has 6 heteroatoms. The minimum Gasteiger partial charge on any atom is -0.505 e. The summed E-state index contributed by atoms with van der Waals surface area (Å²) in [6, 6.07) is 1.69. The van der Waals surface area contributed by atoms with E-state index in [9.17, 15) is 8.78 Å². The number of alkyl halides is 2. The molecular weight excluding hydrogens is 246 g/mol. The Morgan fingerprint density at radius 3 is 2.69 bits per heavy atom. The van der Waals surface area contributed by atoms with E-state index in [1.54, 1.807) is 6.07 Å². The molecule has 1 aromatic rings. The molecule has 0 unspecified atom stereocenters. The van der Waals surface area contributed by atoms with Gasteiger partial charge in [-0.1, -0.05) is 0 Å². The number of aromatic nitrogens is 1. The summed E-state index contributed by atoms with van der Waals surface area (Å²) < 4.78 is 24.2. The zero-order valence-corrected chi connectivity index (χ0v) is 7.72. The van der Waals surface area contributed by atoms with Crippen molar-refractivity contribution in [2.45, 2.75) is 6.43 Å². The standard InChI is InChI=1S/C7H3BrF2N2O/c8-4-3(1-11)2-12-5(6(4)13)7(9)10/h2,7,13H. The number of hydrogen-bond acceptors (Lipinski definition) is 3. The zero-order chi connectivity index (χ0) is 10.0. The van der Waals surface area contributed by atoms with Crippen LogP contribution in [0.3, 0.4) is 0 Å². The van der Waals surface area contributed by atoms with Gasteiger partial charge in [-0.25, -0.2) is 13.8 Å². The second kappa shape index (κ2) is 3.66. The van der Waals surface area contributed by atoms with Gasteiger partial charge in [0.1, 0.15) is 11.8 Å². The number of nitriles is 1. The number of pyridine rings is 1. The van der Waals surface area contributed by atoms with Crippen LogP contribution in [0.15, 0.2) is 10.7 Å².